The Hall–Kier alpha value is -0.590. The number of rotatable bonds is 7. The molecule has 0 heterocycles. The lowest BCUT2D eigenvalue weighted by Gasteiger charge is -2.34. The van der Waals surface area contributed by atoms with Gasteiger partial charge in [0.25, 0.3) is 0 Å². The molecule has 3 atom stereocenters. The number of hydrogen-bond donors (Lipinski definition) is 2. The van der Waals surface area contributed by atoms with Crippen molar-refractivity contribution >= 4 is 23.5 Å². The van der Waals surface area contributed by atoms with Gasteiger partial charge >= 0.3 is 5.97 Å². The van der Waals surface area contributed by atoms with Gasteiger partial charge in [-0.25, -0.2) is 0 Å². The smallest absolute Gasteiger partial charge is 0.302 e. The highest BCUT2D eigenvalue weighted by molar-refractivity contribution is 7.99. The summed E-state index contributed by atoms with van der Waals surface area (Å²) in [5, 5.41) is 17.8. The van der Waals surface area contributed by atoms with E-state index < -0.39 is 6.10 Å². The molecular formula is C11H18O5S. The zero-order valence-corrected chi connectivity index (χ0v) is 10.6. The maximum absolute atomic E-state index is 11.4. The van der Waals surface area contributed by atoms with Crippen molar-refractivity contribution < 1.29 is 24.5 Å². The average molecular weight is 262 g/mol. The first-order chi connectivity index (χ1) is 8.04. The molecule has 0 aromatic heterocycles. The van der Waals surface area contributed by atoms with E-state index in [0.29, 0.717) is 24.5 Å². The summed E-state index contributed by atoms with van der Waals surface area (Å²) in [6.07, 6.45) is -0.261. The molecule has 6 heteroatoms. The molecule has 0 aromatic carbocycles. The van der Waals surface area contributed by atoms with Crippen molar-refractivity contribution in [1.82, 2.24) is 0 Å². The second-order valence-electron chi connectivity index (χ2n) is 4.21. The summed E-state index contributed by atoms with van der Waals surface area (Å²) in [4.78, 5) is 22.0. The first kappa shape index (κ1) is 14.5. The number of esters is 1. The zero-order valence-electron chi connectivity index (χ0n) is 9.80. The van der Waals surface area contributed by atoms with Crippen LogP contribution in [0, 0.1) is 11.8 Å². The fraction of sp³-hybridized carbons (Fsp3) is 0.818. The van der Waals surface area contributed by atoms with Gasteiger partial charge < -0.3 is 14.9 Å². The summed E-state index contributed by atoms with van der Waals surface area (Å²) in [5.41, 5.74) is 0. The third-order valence-corrected chi connectivity index (χ3v) is 3.98. The van der Waals surface area contributed by atoms with Crippen molar-refractivity contribution in [3.05, 3.63) is 0 Å². The molecule has 0 aromatic rings. The van der Waals surface area contributed by atoms with Crippen LogP contribution in [0.4, 0.5) is 0 Å². The maximum atomic E-state index is 11.4. The van der Waals surface area contributed by atoms with Crippen molar-refractivity contribution in [3.63, 3.8) is 0 Å². The van der Waals surface area contributed by atoms with Crippen LogP contribution < -0.4 is 0 Å². The van der Waals surface area contributed by atoms with E-state index >= 15 is 0 Å². The second-order valence-corrected chi connectivity index (χ2v) is 5.29. The second kappa shape index (κ2) is 6.98. The summed E-state index contributed by atoms with van der Waals surface area (Å²) >= 11 is 1.44. The van der Waals surface area contributed by atoms with E-state index in [1.165, 1.54) is 18.7 Å². The number of carbonyl (C=O) groups excluding carboxylic acids is 2. The van der Waals surface area contributed by atoms with Gasteiger partial charge in [-0.05, 0) is 0 Å². The molecule has 17 heavy (non-hydrogen) atoms. The van der Waals surface area contributed by atoms with Gasteiger partial charge in [-0.15, -0.1) is 0 Å². The Balaban J connectivity index is 2.21. The standard InChI is InChI=1S/C11H18O5S/c1-7(13)16-4-8-2-11(15)10(8)6-17-5-9(14)3-12/h8-10,12,14H,2-6H2,1H3. The van der Waals surface area contributed by atoms with Crippen LogP contribution in [0.2, 0.25) is 0 Å². The Morgan fingerprint density at radius 2 is 2.35 bits per heavy atom. The van der Waals surface area contributed by atoms with Crippen LogP contribution in [-0.2, 0) is 14.3 Å². The molecule has 0 aliphatic heterocycles. The largest absolute Gasteiger partial charge is 0.466 e. The number of aliphatic hydroxyl groups is 2. The fourth-order valence-corrected chi connectivity index (χ4v) is 2.89. The molecule has 0 radical (unpaired) electrons. The van der Waals surface area contributed by atoms with E-state index in [-0.39, 0.29) is 30.2 Å². The average Bonchev–Trinajstić information content (AvgIpc) is 2.28. The molecule has 0 spiro atoms. The molecule has 2 N–H and O–H groups in total. The Bertz CT molecular complexity index is 281. The zero-order chi connectivity index (χ0) is 12.8. The van der Waals surface area contributed by atoms with Crippen LogP contribution in [0.25, 0.3) is 0 Å². The lowest BCUT2D eigenvalue weighted by atomic mass is 9.74. The Labute approximate surface area is 105 Å². The van der Waals surface area contributed by atoms with Crippen LogP contribution in [-0.4, -0.2) is 52.8 Å². The van der Waals surface area contributed by atoms with Crippen LogP contribution in [0.1, 0.15) is 13.3 Å². The van der Waals surface area contributed by atoms with E-state index in [1.54, 1.807) is 0 Å². The number of ketones is 1. The minimum Gasteiger partial charge on any atom is -0.466 e. The highest BCUT2D eigenvalue weighted by atomic mass is 32.2. The number of hydrogen-bond acceptors (Lipinski definition) is 6. The predicted molar refractivity (Wildman–Crippen MR) is 63.7 cm³/mol. The van der Waals surface area contributed by atoms with Crippen molar-refractivity contribution in [3.8, 4) is 0 Å². The molecule has 1 rings (SSSR count). The van der Waals surface area contributed by atoms with Crippen LogP contribution >= 0.6 is 11.8 Å². The lowest BCUT2D eigenvalue weighted by Crippen LogP contribution is -2.42. The highest BCUT2D eigenvalue weighted by Crippen LogP contribution is 2.33. The summed E-state index contributed by atoms with van der Waals surface area (Å²) in [6, 6.07) is 0. The topological polar surface area (TPSA) is 83.8 Å². The molecule has 0 saturated heterocycles. The molecule has 98 valence electrons. The minimum absolute atomic E-state index is 0.0785. The van der Waals surface area contributed by atoms with Gasteiger partial charge in [-0.1, -0.05) is 0 Å². The van der Waals surface area contributed by atoms with Crippen molar-refractivity contribution in [2.24, 2.45) is 11.8 Å². The van der Waals surface area contributed by atoms with Gasteiger partial charge in [0.15, 0.2) is 0 Å². The number of aliphatic hydroxyl groups excluding tert-OH is 2. The van der Waals surface area contributed by atoms with E-state index in [9.17, 15) is 9.59 Å². The molecule has 0 bridgehead atoms. The van der Waals surface area contributed by atoms with E-state index in [4.69, 9.17) is 14.9 Å². The first-order valence-corrected chi connectivity index (χ1v) is 6.72. The van der Waals surface area contributed by atoms with Gasteiger partial charge in [-0.2, -0.15) is 11.8 Å². The Morgan fingerprint density at radius 3 is 2.88 bits per heavy atom. The third-order valence-electron chi connectivity index (χ3n) is 2.77. The third kappa shape index (κ3) is 4.65. The van der Waals surface area contributed by atoms with Crippen molar-refractivity contribution in [2.75, 3.05) is 24.7 Å². The van der Waals surface area contributed by atoms with Crippen LogP contribution in [0.3, 0.4) is 0 Å². The fourth-order valence-electron chi connectivity index (χ4n) is 1.67. The van der Waals surface area contributed by atoms with Gasteiger partial charge in [-0.3, -0.25) is 9.59 Å². The number of Topliss-reactive ketones (excluding diaryl/α,β-unsaturated/α-hetero) is 1. The number of thioether (sulfide) groups is 1. The lowest BCUT2D eigenvalue weighted by molar-refractivity contribution is -0.148. The summed E-state index contributed by atoms with van der Waals surface area (Å²) in [5.74, 6) is 0.928. The number of carbonyl (C=O) groups is 2. The highest BCUT2D eigenvalue weighted by Gasteiger charge is 2.39. The Morgan fingerprint density at radius 1 is 1.65 bits per heavy atom. The molecule has 1 aliphatic rings. The SMILES string of the molecule is CC(=O)OCC1CC(=O)C1CSCC(O)CO. The van der Waals surface area contributed by atoms with E-state index in [2.05, 4.69) is 0 Å². The predicted octanol–water partition coefficient (Wildman–Crippen LogP) is -0.159. The van der Waals surface area contributed by atoms with Crippen LogP contribution in [0.5, 0.6) is 0 Å². The van der Waals surface area contributed by atoms with E-state index in [1.807, 2.05) is 0 Å². The molecule has 1 saturated carbocycles. The maximum Gasteiger partial charge on any atom is 0.302 e. The molecule has 0 amide bonds. The molecule has 1 fully saturated rings. The van der Waals surface area contributed by atoms with Gasteiger partial charge in [0, 0.05) is 36.7 Å². The van der Waals surface area contributed by atoms with Crippen molar-refractivity contribution in [1.29, 1.82) is 0 Å². The number of ether oxygens (including phenoxy) is 1. The van der Waals surface area contributed by atoms with Gasteiger partial charge in [0.2, 0.25) is 0 Å². The monoisotopic (exact) mass is 262 g/mol. The Kier molecular flexibility index (Phi) is 5.94. The summed E-state index contributed by atoms with van der Waals surface area (Å²) in [7, 11) is 0. The van der Waals surface area contributed by atoms with Crippen molar-refractivity contribution in [2.45, 2.75) is 19.4 Å². The first-order valence-electron chi connectivity index (χ1n) is 5.57. The van der Waals surface area contributed by atoms with Crippen LogP contribution in [0.15, 0.2) is 0 Å². The van der Waals surface area contributed by atoms with Gasteiger partial charge in [0.1, 0.15) is 5.78 Å². The molecule has 3 unspecified atom stereocenters. The van der Waals surface area contributed by atoms with E-state index in [0.717, 1.165) is 0 Å². The normalized spacial score (nSPS) is 25.2. The summed E-state index contributed by atoms with van der Waals surface area (Å²) < 4.78 is 4.88. The quantitative estimate of drug-likeness (QED) is 0.620. The molecule has 5 nitrogen and oxygen atoms in total. The van der Waals surface area contributed by atoms with Gasteiger partial charge in [0.05, 0.1) is 19.3 Å². The summed E-state index contributed by atoms with van der Waals surface area (Å²) in [6.45, 7) is 1.39. The molecular weight excluding hydrogens is 244 g/mol. The molecule has 1 aliphatic carbocycles. The minimum atomic E-state index is -0.734.